The molecule has 138 valence electrons. The number of aromatic nitrogens is 3. The summed E-state index contributed by atoms with van der Waals surface area (Å²) >= 11 is 0. The Labute approximate surface area is 150 Å². The lowest BCUT2D eigenvalue weighted by atomic mass is 10.2. The molecule has 3 aromatic rings. The highest BCUT2D eigenvalue weighted by Gasteiger charge is 2.19. The lowest BCUT2D eigenvalue weighted by Crippen LogP contribution is -2.34. The second kappa shape index (κ2) is 6.70. The first-order valence-electron chi connectivity index (χ1n) is 8.30. The van der Waals surface area contributed by atoms with Gasteiger partial charge in [0.15, 0.2) is 17.1 Å². The zero-order valence-electron chi connectivity index (χ0n) is 15.5. The molecule has 8 nitrogen and oxygen atoms in total. The van der Waals surface area contributed by atoms with Crippen molar-refractivity contribution in [3.8, 4) is 11.5 Å². The number of amides is 1. The van der Waals surface area contributed by atoms with Crippen molar-refractivity contribution >= 4 is 22.5 Å². The predicted molar refractivity (Wildman–Crippen MR) is 98.1 cm³/mol. The van der Waals surface area contributed by atoms with Crippen LogP contribution in [0.15, 0.2) is 23.0 Å². The molecule has 1 N–H and O–H groups in total. The monoisotopic (exact) mass is 358 g/mol. The average Bonchev–Trinajstić information content (AvgIpc) is 2.86. The van der Waals surface area contributed by atoms with Crippen molar-refractivity contribution in [1.29, 1.82) is 0 Å². The maximum absolute atomic E-state index is 12.4. The van der Waals surface area contributed by atoms with E-state index in [1.54, 1.807) is 42.5 Å². The van der Waals surface area contributed by atoms with Crippen molar-refractivity contribution in [3.05, 3.63) is 34.2 Å². The maximum Gasteiger partial charge on any atom is 0.273 e. The van der Waals surface area contributed by atoms with E-state index in [0.717, 1.165) is 5.52 Å². The van der Waals surface area contributed by atoms with Gasteiger partial charge in [-0.25, -0.2) is 4.52 Å². The topological polar surface area (TPSA) is 86.9 Å². The molecule has 0 saturated heterocycles. The highest BCUT2D eigenvalue weighted by molar-refractivity contribution is 5.96. The number of methoxy groups -OCH3 is 2. The minimum Gasteiger partial charge on any atom is -0.493 e. The molecule has 0 saturated carbocycles. The molecule has 2 heterocycles. The van der Waals surface area contributed by atoms with Crippen LogP contribution < -0.4 is 20.3 Å². The molecule has 3 rings (SSSR count). The fourth-order valence-corrected chi connectivity index (χ4v) is 3.10. The van der Waals surface area contributed by atoms with E-state index in [1.807, 2.05) is 13.8 Å². The molecule has 0 aliphatic rings. The van der Waals surface area contributed by atoms with Crippen LogP contribution >= 0.6 is 0 Å². The van der Waals surface area contributed by atoms with Gasteiger partial charge in [-0.05, 0) is 26.8 Å². The summed E-state index contributed by atoms with van der Waals surface area (Å²) in [5.74, 6) is 0.933. The number of aryl methyl sites for hydroxylation is 1. The lowest BCUT2D eigenvalue weighted by molar-refractivity contribution is -0.122. The van der Waals surface area contributed by atoms with Crippen molar-refractivity contribution in [2.24, 2.45) is 0 Å². The van der Waals surface area contributed by atoms with Gasteiger partial charge in [0.05, 0.1) is 19.7 Å². The van der Waals surface area contributed by atoms with E-state index < -0.39 is 0 Å². The van der Waals surface area contributed by atoms with E-state index in [9.17, 15) is 9.59 Å². The Morgan fingerprint density at radius 3 is 2.46 bits per heavy atom. The minimum atomic E-state index is -0.331. The highest BCUT2D eigenvalue weighted by atomic mass is 16.5. The van der Waals surface area contributed by atoms with E-state index in [-0.39, 0.29) is 24.1 Å². The van der Waals surface area contributed by atoms with Gasteiger partial charge in [0.25, 0.3) is 5.56 Å². The van der Waals surface area contributed by atoms with Crippen LogP contribution in [0.2, 0.25) is 0 Å². The first kappa shape index (κ1) is 17.8. The second-order valence-corrected chi connectivity index (χ2v) is 6.38. The molecular weight excluding hydrogens is 336 g/mol. The van der Waals surface area contributed by atoms with Gasteiger partial charge in [-0.1, -0.05) is 0 Å². The van der Waals surface area contributed by atoms with E-state index in [2.05, 4.69) is 10.3 Å². The normalized spacial score (nSPS) is 11.3. The average molecular weight is 358 g/mol. The van der Waals surface area contributed by atoms with Crippen LogP contribution in [0, 0.1) is 6.92 Å². The van der Waals surface area contributed by atoms with Gasteiger partial charge in [0, 0.05) is 29.3 Å². The molecule has 0 bridgehead atoms. The van der Waals surface area contributed by atoms with Crippen LogP contribution in [0.3, 0.4) is 0 Å². The first-order chi connectivity index (χ1) is 12.3. The molecular formula is C18H22N4O4. The summed E-state index contributed by atoms with van der Waals surface area (Å²) < 4.78 is 14.3. The van der Waals surface area contributed by atoms with E-state index in [0.29, 0.717) is 28.2 Å². The van der Waals surface area contributed by atoms with Crippen molar-refractivity contribution in [3.63, 3.8) is 0 Å². The van der Waals surface area contributed by atoms with E-state index >= 15 is 0 Å². The summed E-state index contributed by atoms with van der Waals surface area (Å²) in [6.07, 6.45) is 0. The van der Waals surface area contributed by atoms with Gasteiger partial charge in [0.1, 0.15) is 6.54 Å². The number of ether oxygens (including phenoxy) is 2. The van der Waals surface area contributed by atoms with Gasteiger partial charge in [-0.15, -0.1) is 0 Å². The third-order valence-corrected chi connectivity index (χ3v) is 4.09. The molecule has 0 spiro atoms. The Kier molecular flexibility index (Phi) is 4.58. The van der Waals surface area contributed by atoms with Crippen molar-refractivity contribution in [1.82, 2.24) is 19.5 Å². The molecule has 8 heteroatoms. The van der Waals surface area contributed by atoms with Crippen LogP contribution in [0.4, 0.5) is 0 Å². The smallest absolute Gasteiger partial charge is 0.273 e. The Morgan fingerprint density at radius 2 is 1.85 bits per heavy atom. The summed E-state index contributed by atoms with van der Waals surface area (Å²) in [5, 5.41) is 3.59. The fraction of sp³-hybridized carbons (Fsp3) is 0.389. The predicted octanol–water partition coefficient (Wildman–Crippen LogP) is 1.50. The second-order valence-electron chi connectivity index (χ2n) is 6.38. The van der Waals surface area contributed by atoms with Crippen molar-refractivity contribution in [2.75, 3.05) is 14.2 Å². The molecule has 0 unspecified atom stereocenters. The molecule has 0 aliphatic carbocycles. The van der Waals surface area contributed by atoms with Gasteiger partial charge in [-0.3, -0.25) is 14.3 Å². The molecule has 0 atom stereocenters. The zero-order chi connectivity index (χ0) is 19.0. The molecule has 0 aliphatic heterocycles. The zero-order valence-corrected chi connectivity index (χ0v) is 15.5. The molecule has 1 aromatic carbocycles. The van der Waals surface area contributed by atoms with Crippen LogP contribution in [-0.2, 0) is 11.3 Å². The third kappa shape index (κ3) is 2.98. The minimum absolute atomic E-state index is 0.0303. The van der Waals surface area contributed by atoms with Crippen LogP contribution in [-0.4, -0.2) is 40.3 Å². The molecule has 0 radical (unpaired) electrons. The summed E-state index contributed by atoms with van der Waals surface area (Å²) in [5.41, 5.74) is 1.56. The molecule has 26 heavy (non-hydrogen) atoms. The highest BCUT2D eigenvalue weighted by Crippen LogP contribution is 2.34. The van der Waals surface area contributed by atoms with Crippen molar-refractivity contribution in [2.45, 2.75) is 33.4 Å². The van der Waals surface area contributed by atoms with Gasteiger partial charge in [0.2, 0.25) is 5.91 Å². The number of nitrogens with zero attached hydrogens (tertiary/aromatic N) is 3. The Bertz CT molecular complexity index is 1050. The van der Waals surface area contributed by atoms with Crippen LogP contribution in [0.1, 0.15) is 19.5 Å². The quantitative estimate of drug-likeness (QED) is 0.747. The van der Waals surface area contributed by atoms with E-state index in [1.165, 1.54) is 6.07 Å². The Balaban J connectivity index is 2.35. The van der Waals surface area contributed by atoms with Gasteiger partial charge < -0.3 is 14.8 Å². The summed E-state index contributed by atoms with van der Waals surface area (Å²) in [6.45, 7) is 5.70. The van der Waals surface area contributed by atoms with Crippen LogP contribution in [0.25, 0.3) is 16.6 Å². The number of carbonyl (C=O) groups is 1. The molecule has 0 fully saturated rings. The molecule has 1 amide bonds. The van der Waals surface area contributed by atoms with Crippen molar-refractivity contribution < 1.29 is 14.3 Å². The third-order valence-electron chi connectivity index (χ3n) is 4.09. The molecule has 2 aromatic heterocycles. The van der Waals surface area contributed by atoms with Gasteiger partial charge in [-0.2, -0.15) is 4.98 Å². The number of hydrogen-bond acceptors (Lipinski definition) is 5. The lowest BCUT2D eigenvalue weighted by Gasteiger charge is -2.13. The Morgan fingerprint density at radius 1 is 1.19 bits per heavy atom. The summed E-state index contributed by atoms with van der Waals surface area (Å²) in [6, 6.07) is 5.03. The number of rotatable bonds is 5. The number of carbonyl (C=O) groups excluding carboxylic acids is 1. The largest absolute Gasteiger partial charge is 0.493 e. The van der Waals surface area contributed by atoms with E-state index in [4.69, 9.17) is 9.47 Å². The number of fused-ring (bicyclic) bond motifs is 3. The SMILES string of the molecule is COc1cc2c(cc1OC)n(CC(=O)NC(C)C)n1c(C)cc(=O)nc21. The van der Waals surface area contributed by atoms with Gasteiger partial charge >= 0.3 is 0 Å². The van der Waals surface area contributed by atoms with Crippen LogP contribution in [0.5, 0.6) is 11.5 Å². The maximum atomic E-state index is 12.4. The summed E-state index contributed by atoms with van der Waals surface area (Å²) in [4.78, 5) is 28.5. The number of hydrogen-bond donors (Lipinski definition) is 1. The standard InChI is InChI=1S/C18H22N4O4/c1-10(2)19-17(24)9-21-13-8-15(26-5)14(25-4)7-12(13)18-20-16(23)6-11(3)22(18)21/h6-8,10H,9H2,1-5H3,(H,19,24). The number of benzene rings is 1. The first-order valence-corrected chi connectivity index (χ1v) is 8.30. The summed E-state index contributed by atoms with van der Waals surface area (Å²) in [7, 11) is 3.10. The fourth-order valence-electron chi connectivity index (χ4n) is 3.10. The Hall–Kier alpha value is -3.03. The number of nitrogens with one attached hydrogen (secondary N) is 1.